The van der Waals surface area contributed by atoms with Crippen molar-refractivity contribution in [3.05, 3.63) is 72.1 Å². The predicted octanol–water partition coefficient (Wildman–Crippen LogP) is 4.37. The molecule has 0 radical (unpaired) electrons. The van der Waals surface area contributed by atoms with E-state index in [2.05, 4.69) is 22.5 Å². The van der Waals surface area contributed by atoms with Gasteiger partial charge in [-0.15, -0.1) is 0 Å². The Bertz CT molecular complexity index is 1150. The Labute approximate surface area is 156 Å². The minimum atomic E-state index is -0.288. The van der Waals surface area contributed by atoms with E-state index in [1.165, 1.54) is 12.1 Å². The van der Waals surface area contributed by atoms with E-state index in [0.717, 1.165) is 35.4 Å². The maximum absolute atomic E-state index is 13.6. The van der Waals surface area contributed by atoms with E-state index in [9.17, 15) is 4.39 Å². The second-order valence-electron chi connectivity index (χ2n) is 6.38. The van der Waals surface area contributed by atoms with Crippen LogP contribution in [0.4, 0.5) is 4.39 Å². The number of fused-ring (bicyclic) bond motifs is 1. The van der Waals surface area contributed by atoms with Crippen molar-refractivity contribution in [1.29, 1.82) is 5.26 Å². The van der Waals surface area contributed by atoms with Gasteiger partial charge in [0.15, 0.2) is 0 Å². The molecule has 6 heteroatoms. The summed E-state index contributed by atoms with van der Waals surface area (Å²) in [5, 5.41) is 9.14. The number of aromatic nitrogens is 4. The fourth-order valence-corrected chi connectivity index (χ4v) is 3.32. The Morgan fingerprint density at radius 2 is 2.07 bits per heavy atom. The summed E-state index contributed by atoms with van der Waals surface area (Å²) in [5.74, 6) is 1.30. The van der Waals surface area contributed by atoms with Gasteiger partial charge in [-0.25, -0.2) is 14.4 Å². The highest BCUT2D eigenvalue weighted by Crippen LogP contribution is 2.22. The number of hydrogen-bond acceptors (Lipinski definition) is 3. The third-order valence-electron chi connectivity index (χ3n) is 4.51. The summed E-state index contributed by atoms with van der Waals surface area (Å²) in [6, 6.07) is 14.2. The highest BCUT2D eigenvalue weighted by Gasteiger charge is 2.14. The molecule has 2 aromatic carbocycles. The van der Waals surface area contributed by atoms with Gasteiger partial charge < -0.3 is 9.13 Å². The van der Waals surface area contributed by atoms with Crippen LogP contribution < -0.4 is 0 Å². The van der Waals surface area contributed by atoms with E-state index < -0.39 is 0 Å². The van der Waals surface area contributed by atoms with Crippen LogP contribution in [0.25, 0.3) is 22.4 Å². The molecule has 0 aliphatic rings. The molecule has 0 atom stereocenters. The number of rotatable bonds is 5. The summed E-state index contributed by atoms with van der Waals surface area (Å²) in [7, 11) is 0. The second kappa shape index (κ2) is 7.04. The van der Waals surface area contributed by atoms with Crippen LogP contribution in [0, 0.1) is 17.1 Å². The fraction of sp³-hybridized carbons (Fsp3) is 0.190. The van der Waals surface area contributed by atoms with Crippen molar-refractivity contribution >= 4 is 11.0 Å². The van der Waals surface area contributed by atoms with Crippen LogP contribution in [0.2, 0.25) is 0 Å². The molecule has 0 spiro atoms. The van der Waals surface area contributed by atoms with Gasteiger partial charge in [-0.3, -0.25) is 0 Å². The first-order valence-corrected chi connectivity index (χ1v) is 8.86. The van der Waals surface area contributed by atoms with E-state index >= 15 is 0 Å². The van der Waals surface area contributed by atoms with Crippen molar-refractivity contribution in [2.24, 2.45) is 0 Å². The standard InChI is InChI=1S/C21H18FN5/c1-2-9-27-19-7-6-15(13-23)11-18(19)25-20(27)14-26-10-8-24-21(26)16-4-3-5-17(22)12-16/h3-8,10-12H,2,9,14H2,1H3. The Morgan fingerprint density at radius 3 is 2.85 bits per heavy atom. The number of nitriles is 1. The molecule has 4 aromatic rings. The molecule has 0 aliphatic heterocycles. The smallest absolute Gasteiger partial charge is 0.140 e. The molecule has 5 nitrogen and oxygen atoms in total. The van der Waals surface area contributed by atoms with Gasteiger partial charge in [0.1, 0.15) is 17.5 Å². The van der Waals surface area contributed by atoms with Gasteiger partial charge in [0.2, 0.25) is 0 Å². The SMILES string of the molecule is CCCn1c(Cn2ccnc2-c2cccc(F)c2)nc2cc(C#N)ccc21. The first-order chi connectivity index (χ1) is 13.2. The number of hydrogen-bond donors (Lipinski definition) is 0. The van der Waals surface area contributed by atoms with Gasteiger partial charge in [-0.2, -0.15) is 5.26 Å². The zero-order valence-corrected chi connectivity index (χ0v) is 14.9. The highest BCUT2D eigenvalue weighted by atomic mass is 19.1. The average molecular weight is 359 g/mol. The summed E-state index contributed by atoms with van der Waals surface area (Å²) in [5.41, 5.74) is 3.14. The topological polar surface area (TPSA) is 59.4 Å². The lowest BCUT2D eigenvalue weighted by atomic mass is 10.2. The molecule has 27 heavy (non-hydrogen) atoms. The molecule has 0 amide bonds. The molecule has 0 saturated heterocycles. The van der Waals surface area contributed by atoms with Crippen LogP contribution in [-0.2, 0) is 13.1 Å². The highest BCUT2D eigenvalue weighted by molar-refractivity contribution is 5.77. The van der Waals surface area contributed by atoms with E-state index in [-0.39, 0.29) is 5.82 Å². The van der Waals surface area contributed by atoms with Crippen molar-refractivity contribution in [2.75, 3.05) is 0 Å². The molecule has 4 rings (SSSR count). The number of nitrogens with zero attached hydrogens (tertiary/aromatic N) is 5. The molecule has 0 aliphatic carbocycles. The Morgan fingerprint density at radius 1 is 1.19 bits per heavy atom. The van der Waals surface area contributed by atoms with Crippen LogP contribution in [0.1, 0.15) is 24.7 Å². The minimum absolute atomic E-state index is 0.288. The quantitative estimate of drug-likeness (QED) is 0.532. The third kappa shape index (κ3) is 3.20. The largest absolute Gasteiger partial charge is 0.326 e. The molecule has 0 bridgehead atoms. The van der Waals surface area contributed by atoms with E-state index in [1.54, 1.807) is 12.3 Å². The molecule has 0 saturated carbocycles. The zero-order valence-electron chi connectivity index (χ0n) is 14.9. The van der Waals surface area contributed by atoms with Crippen molar-refractivity contribution in [2.45, 2.75) is 26.4 Å². The molecule has 0 fully saturated rings. The zero-order chi connectivity index (χ0) is 18.8. The van der Waals surface area contributed by atoms with Crippen LogP contribution >= 0.6 is 0 Å². The maximum Gasteiger partial charge on any atom is 0.140 e. The molecule has 2 heterocycles. The summed E-state index contributed by atoms with van der Waals surface area (Å²) in [4.78, 5) is 9.15. The van der Waals surface area contributed by atoms with Crippen molar-refractivity contribution in [3.8, 4) is 17.5 Å². The van der Waals surface area contributed by atoms with Gasteiger partial charge in [-0.05, 0) is 36.8 Å². The summed E-state index contributed by atoms with van der Waals surface area (Å²) >= 11 is 0. The predicted molar refractivity (Wildman–Crippen MR) is 101 cm³/mol. The Balaban J connectivity index is 1.77. The number of imidazole rings is 2. The van der Waals surface area contributed by atoms with Crippen LogP contribution in [-0.4, -0.2) is 19.1 Å². The van der Waals surface area contributed by atoms with Crippen molar-refractivity contribution in [1.82, 2.24) is 19.1 Å². The van der Waals surface area contributed by atoms with Gasteiger partial charge in [-0.1, -0.05) is 19.1 Å². The molecule has 2 aromatic heterocycles. The number of benzene rings is 2. The van der Waals surface area contributed by atoms with Gasteiger partial charge >= 0.3 is 0 Å². The summed E-state index contributed by atoms with van der Waals surface area (Å²) < 4.78 is 17.8. The normalized spacial score (nSPS) is 11.0. The van der Waals surface area contributed by atoms with Crippen molar-refractivity contribution < 1.29 is 4.39 Å². The van der Waals surface area contributed by atoms with Gasteiger partial charge in [0.25, 0.3) is 0 Å². The molecular formula is C21H18FN5. The van der Waals surface area contributed by atoms with E-state index in [0.29, 0.717) is 17.9 Å². The van der Waals surface area contributed by atoms with Crippen molar-refractivity contribution in [3.63, 3.8) is 0 Å². The summed E-state index contributed by atoms with van der Waals surface area (Å²) in [6.07, 6.45) is 4.55. The van der Waals surface area contributed by atoms with Gasteiger partial charge in [0.05, 0.1) is 29.2 Å². The monoisotopic (exact) mass is 359 g/mol. The fourth-order valence-electron chi connectivity index (χ4n) is 3.32. The number of halogens is 1. The van der Waals surface area contributed by atoms with Crippen LogP contribution in [0.5, 0.6) is 0 Å². The lowest BCUT2D eigenvalue weighted by Gasteiger charge is -2.11. The first-order valence-electron chi connectivity index (χ1n) is 8.86. The second-order valence-corrected chi connectivity index (χ2v) is 6.38. The molecule has 0 N–H and O–H groups in total. The lowest BCUT2D eigenvalue weighted by Crippen LogP contribution is -2.09. The Kier molecular flexibility index (Phi) is 4.43. The molecule has 0 unspecified atom stereocenters. The van der Waals surface area contributed by atoms with Crippen LogP contribution in [0.15, 0.2) is 54.9 Å². The van der Waals surface area contributed by atoms with E-state index in [4.69, 9.17) is 10.2 Å². The van der Waals surface area contributed by atoms with Crippen LogP contribution in [0.3, 0.4) is 0 Å². The number of aryl methyl sites for hydroxylation is 1. The minimum Gasteiger partial charge on any atom is -0.326 e. The lowest BCUT2D eigenvalue weighted by molar-refractivity contribution is 0.623. The molecular weight excluding hydrogens is 341 g/mol. The summed E-state index contributed by atoms with van der Waals surface area (Å²) in [6.45, 7) is 3.47. The third-order valence-corrected chi connectivity index (χ3v) is 4.51. The van der Waals surface area contributed by atoms with Gasteiger partial charge in [0, 0.05) is 24.5 Å². The average Bonchev–Trinajstić information content (AvgIpc) is 3.27. The first kappa shape index (κ1) is 17.0. The molecule has 134 valence electrons. The van der Waals surface area contributed by atoms with E-state index in [1.807, 2.05) is 35.0 Å². The maximum atomic E-state index is 13.6. The Hall–Kier alpha value is -3.46.